The Balaban J connectivity index is 1.77. The van der Waals surface area contributed by atoms with Crippen molar-refractivity contribution in [3.63, 3.8) is 0 Å². The van der Waals surface area contributed by atoms with E-state index >= 15 is 0 Å². The maximum absolute atomic E-state index is 11.9. The molecule has 1 aliphatic rings. The van der Waals surface area contributed by atoms with Gasteiger partial charge in [-0.1, -0.05) is 49.6 Å². The van der Waals surface area contributed by atoms with E-state index in [1.54, 1.807) is 0 Å². The molecule has 1 atom stereocenters. The quantitative estimate of drug-likeness (QED) is 0.838. The minimum absolute atomic E-state index is 0.0774. The van der Waals surface area contributed by atoms with Crippen LogP contribution in [0.3, 0.4) is 0 Å². The molecule has 1 aromatic carbocycles. The van der Waals surface area contributed by atoms with E-state index in [0.29, 0.717) is 0 Å². The average Bonchev–Trinajstić information content (AvgIpc) is 2.52. The molecule has 1 aromatic rings. The molecule has 1 aliphatic carbocycles. The van der Waals surface area contributed by atoms with E-state index < -0.39 is 0 Å². The summed E-state index contributed by atoms with van der Waals surface area (Å²) < 4.78 is 5.63. The van der Waals surface area contributed by atoms with Gasteiger partial charge >= 0.3 is 0 Å². The first-order chi connectivity index (χ1) is 9.79. The topological polar surface area (TPSA) is 58.6 Å². The largest absolute Gasteiger partial charge is 0.394 e. The zero-order valence-corrected chi connectivity index (χ0v) is 11.8. The molecule has 0 aliphatic heterocycles. The highest BCUT2D eigenvalue weighted by molar-refractivity contribution is 5.77. The summed E-state index contributed by atoms with van der Waals surface area (Å²) in [6.45, 7) is -0.0345. The normalized spacial score (nSPS) is 17.6. The first-order valence-corrected chi connectivity index (χ1v) is 7.36. The number of hydrogen-bond donors (Lipinski definition) is 2. The summed E-state index contributed by atoms with van der Waals surface area (Å²) in [6, 6.07) is 9.11. The summed E-state index contributed by atoms with van der Waals surface area (Å²) >= 11 is 0. The molecule has 20 heavy (non-hydrogen) atoms. The molecule has 1 amide bonds. The van der Waals surface area contributed by atoms with Crippen LogP contribution in [-0.4, -0.2) is 30.3 Å². The predicted molar refractivity (Wildman–Crippen MR) is 77.2 cm³/mol. The Kier molecular flexibility index (Phi) is 6.02. The summed E-state index contributed by atoms with van der Waals surface area (Å²) in [7, 11) is 0. The van der Waals surface area contributed by atoms with Gasteiger partial charge in [0.2, 0.25) is 5.91 Å². The highest BCUT2D eigenvalue weighted by atomic mass is 16.5. The summed E-state index contributed by atoms with van der Waals surface area (Å²) in [5, 5.41) is 12.2. The van der Waals surface area contributed by atoms with Gasteiger partial charge in [-0.15, -0.1) is 0 Å². The van der Waals surface area contributed by atoms with Gasteiger partial charge in [0.15, 0.2) is 0 Å². The highest BCUT2D eigenvalue weighted by Gasteiger charge is 2.17. The molecule has 0 aromatic heterocycles. The van der Waals surface area contributed by atoms with Crippen molar-refractivity contribution < 1.29 is 14.6 Å². The van der Waals surface area contributed by atoms with Gasteiger partial charge in [0.05, 0.1) is 18.8 Å². The number of ether oxygens (including phenoxy) is 1. The summed E-state index contributed by atoms with van der Waals surface area (Å²) in [5.74, 6) is -0.168. The molecule has 0 saturated heterocycles. The van der Waals surface area contributed by atoms with Crippen molar-refractivity contribution >= 4 is 5.91 Å². The monoisotopic (exact) mass is 277 g/mol. The SMILES string of the molecule is O=C(COC1CCCCC1)NC(CO)c1ccccc1. The Morgan fingerprint density at radius 2 is 1.95 bits per heavy atom. The fourth-order valence-corrected chi connectivity index (χ4v) is 2.58. The number of carbonyl (C=O) groups excluding carboxylic acids is 1. The van der Waals surface area contributed by atoms with E-state index in [9.17, 15) is 9.90 Å². The highest BCUT2D eigenvalue weighted by Crippen LogP contribution is 2.20. The van der Waals surface area contributed by atoms with Crippen LogP contribution in [-0.2, 0) is 9.53 Å². The van der Waals surface area contributed by atoms with Crippen LogP contribution in [0.25, 0.3) is 0 Å². The van der Waals surface area contributed by atoms with Crippen LogP contribution in [0.5, 0.6) is 0 Å². The molecule has 0 radical (unpaired) electrons. The number of amides is 1. The minimum Gasteiger partial charge on any atom is -0.394 e. The molecule has 4 heteroatoms. The van der Waals surface area contributed by atoms with Crippen molar-refractivity contribution in [2.24, 2.45) is 0 Å². The first kappa shape index (κ1) is 15.0. The second-order valence-electron chi connectivity index (χ2n) is 5.28. The minimum atomic E-state index is -0.362. The number of aliphatic hydroxyl groups excluding tert-OH is 1. The molecule has 110 valence electrons. The number of hydrogen-bond acceptors (Lipinski definition) is 3. The molecule has 0 heterocycles. The van der Waals surface area contributed by atoms with E-state index in [4.69, 9.17) is 4.74 Å². The van der Waals surface area contributed by atoms with Gasteiger partial charge in [0, 0.05) is 0 Å². The Bertz CT molecular complexity index is 401. The predicted octanol–water partition coefficient (Wildman–Crippen LogP) is 2.19. The molecular formula is C16H23NO3. The lowest BCUT2D eigenvalue weighted by Crippen LogP contribution is -2.35. The third-order valence-corrected chi connectivity index (χ3v) is 3.72. The van der Waals surface area contributed by atoms with Crippen LogP contribution in [0.2, 0.25) is 0 Å². The van der Waals surface area contributed by atoms with Crippen LogP contribution in [0.4, 0.5) is 0 Å². The number of benzene rings is 1. The molecule has 2 N–H and O–H groups in total. The van der Waals surface area contributed by atoms with Gasteiger partial charge in [-0.3, -0.25) is 4.79 Å². The average molecular weight is 277 g/mol. The van der Waals surface area contributed by atoms with Crippen molar-refractivity contribution in [1.29, 1.82) is 0 Å². The van der Waals surface area contributed by atoms with Crippen molar-refractivity contribution in [3.8, 4) is 0 Å². The Morgan fingerprint density at radius 3 is 2.60 bits per heavy atom. The third-order valence-electron chi connectivity index (χ3n) is 3.72. The fourth-order valence-electron chi connectivity index (χ4n) is 2.58. The Hall–Kier alpha value is -1.39. The van der Waals surface area contributed by atoms with Crippen LogP contribution >= 0.6 is 0 Å². The molecule has 2 rings (SSSR count). The Morgan fingerprint density at radius 1 is 1.25 bits per heavy atom. The van der Waals surface area contributed by atoms with E-state index in [1.807, 2.05) is 30.3 Å². The van der Waals surface area contributed by atoms with E-state index in [0.717, 1.165) is 18.4 Å². The van der Waals surface area contributed by atoms with Gasteiger partial charge < -0.3 is 15.2 Å². The second kappa shape index (κ2) is 8.02. The molecule has 4 nitrogen and oxygen atoms in total. The van der Waals surface area contributed by atoms with Gasteiger partial charge in [-0.2, -0.15) is 0 Å². The third kappa shape index (κ3) is 4.62. The van der Waals surface area contributed by atoms with Gasteiger partial charge in [0.1, 0.15) is 6.61 Å². The lowest BCUT2D eigenvalue weighted by atomic mass is 9.98. The summed E-state index contributed by atoms with van der Waals surface area (Å²) in [4.78, 5) is 11.9. The number of carbonyl (C=O) groups is 1. The zero-order chi connectivity index (χ0) is 14.2. The van der Waals surface area contributed by atoms with Crippen LogP contribution in [0.1, 0.15) is 43.7 Å². The molecule has 1 fully saturated rings. The van der Waals surface area contributed by atoms with Crippen molar-refractivity contribution in [2.75, 3.05) is 13.2 Å². The number of rotatable bonds is 6. The van der Waals surface area contributed by atoms with Crippen molar-refractivity contribution in [1.82, 2.24) is 5.32 Å². The van der Waals surface area contributed by atoms with Crippen LogP contribution in [0, 0.1) is 0 Å². The van der Waals surface area contributed by atoms with Gasteiger partial charge in [-0.05, 0) is 18.4 Å². The summed E-state index contributed by atoms with van der Waals surface area (Å²) in [5.41, 5.74) is 0.904. The van der Waals surface area contributed by atoms with Gasteiger partial charge in [-0.25, -0.2) is 0 Å². The first-order valence-electron chi connectivity index (χ1n) is 7.36. The maximum Gasteiger partial charge on any atom is 0.246 e. The lowest BCUT2D eigenvalue weighted by molar-refractivity contribution is -0.129. The van der Waals surface area contributed by atoms with Crippen LogP contribution in [0.15, 0.2) is 30.3 Å². The molecule has 1 saturated carbocycles. The second-order valence-corrected chi connectivity index (χ2v) is 5.28. The number of aliphatic hydroxyl groups is 1. The smallest absolute Gasteiger partial charge is 0.246 e. The van der Waals surface area contributed by atoms with E-state index in [2.05, 4.69) is 5.32 Å². The zero-order valence-electron chi connectivity index (χ0n) is 11.8. The van der Waals surface area contributed by atoms with E-state index in [-0.39, 0.29) is 31.3 Å². The van der Waals surface area contributed by atoms with Crippen molar-refractivity contribution in [2.45, 2.75) is 44.2 Å². The molecular weight excluding hydrogens is 254 g/mol. The fraction of sp³-hybridized carbons (Fsp3) is 0.562. The molecule has 0 spiro atoms. The Labute approximate surface area is 120 Å². The maximum atomic E-state index is 11.9. The standard InChI is InChI=1S/C16H23NO3/c18-11-15(13-7-3-1-4-8-13)17-16(19)12-20-14-9-5-2-6-10-14/h1,3-4,7-8,14-15,18H,2,5-6,9-12H2,(H,17,19). The van der Waals surface area contributed by atoms with E-state index in [1.165, 1.54) is 19.3 Å². The number of nitrogens with one attached hydrogen (secondary N) is 1. The van der Waals surface area contributed by atoms with Crippen LogP contribution < -0.4 is 5.32 Å². The van der Waals surface area contributed by atoms with Gasteiger partial charge in [0.25, 0.3) is 0 Å². The molecule has 0 bridgehead atoms. The van der Waals surface area contributed by atoms with Crippen molar-refractivity contribution in [3.05, 3.63) is 35.9 Å². The summed E-state index contributed by atoms with van der Waals surface area (Å²) in [6.07, 6.45) is 5.97. The molecule has 1 unspecified atom stereocenters. The lowest BCUT2D eigenvalue weighted by Gasteiger charge is -2.22.